The van der Waals surface area contributed by atoms with Crippen molar-refractivity contribution in [2.75, 3.05) is 13.6 Å². The Morgan fingerprint density at radius 2 is 2.10 bits per heavy atom. The average molecular weight is 430 g/mol. The number of H-pyrrole nitrogens is 1. The highest BCUT2D eigenvalue weighted by atomic mass is 32.1. The number of aromatic amines is 1. The van der Waals surface area contributed by atoms with Gasteiger partial charge in [-0.05, 0) is 44.5 Å². The van der Waals surface area contributed by atoms with Crippen LogP contribution in [-0.2, 0) is 0 Å². The van der Waals surface area contributed by atoms with Gasteiger partial charge in [-0.15, -0.1) is 5.10 Å². The number of benzene rings is 1. The minimum absolute atomic E-state index is 0.0950. The van der Waals surface area contributed by atoms with Crippen molar-refractivity contribution >= 4 is 11.3 Å². The van der Waals surface area contributed by atoms with E-state index in [0.29, 0.717) is 15.8 Å². The molecule has 2 saturated heterocycles. The zero-order chi connectivity index (χ0) is 21.1. The number of phenols is 1. The van der Waals surface area contributed by atoms with Crippen LogP contribution in [0.1, 0.15) is 26.7 Å². The molecule has 30 heavy (non-hydrogen) atoms. The number of ether oxygens (including phenoxy) is 1. The summed E-state index contributed by atoms with van der Waals surface area (Å²) >= 11 is 1.22. The maximum atomic E-state index is 15.4. The van der Waals surface area contributed by atoms with E-state index in [1.54, 1.807) is 24.5 Å². The Morgan fingerprint density at radius 3 is 2.80 bits per heavy atom. The van der Waals surface area contributed by atoms with Gasteiger partial charge >= 0.3 is 0 Å². The van der Waals surface area contributed by atoms with Crippen molar-refractivity contribution in [1.29, 1.82) is 0 Å². The average Bonchev–Trinajstić information content (AvgIpc) is 3.40. The minimum atomic E-state index is -1.11. The molecule has 3 aromatic rings. The predicted octanol–water partition coefficient (Wildman–Crippen LogP) is 3.89. The summed E-state index contributed by atoms with van der Waals surface area (Å²) in [6, 6.07) is 5.34. The van der Waals surface area contributed by atoms with Gasteiger partial charge in [-0.3, -0.25) is 10.00 Å². The molecule has 4 heterocycles. The van der Waals surface area contributed by atoms with Crippen LogP contribution >= 0.6 is 11.3 Å². The Balaban J connectivity index is 1.39. The van der Waals surface area contributed by atoms with Crippen LogP contribution in [0.4, 0.5) is 4.39 Å². The normalized spacial score (nSPS) is 31.2. The van der Waals surface area contributed by atoms with Gasteiger partial charge in [0, 0.05) is 23.7 Å². The van der Waals surface area contributed by atoms with E-state index in [9.17, 15) is 5.11 Å². The molecule has 4 atom stereocenters. The van der Waals surface area contributed by atoms with Gasteiger partial charge in [0.05, 0.1) is 17.3 Å². The third-order valence-corrected chi connectivity index (χ3v) is 7.76. The highest BCUT2D eigenvalue weighted by Gasteiger charge is 2.61. The zero-order valence-electron chi connectivity index (χ0n) is 17.1. The lowest BCUT2D eigenvalue weighted by Gasteiger charge is -2.60. The number of aromatic hydroxyl groups is 1. The lowest BCUT2D eigenvalue weighted by molar-refractivity contribution is -0.176. The molecule has 0 spiro atoms. The molecular formula is C21H24FN5O2S. The van der Waals surface area contributed by atoms with Crippen molar-refractivity contribution < 1.29 is 14.2 Å². The summed E-state index contributed by atoms with van der Waals surface area (Å²) in [7, 11) is 1.99. The van der Waals surface area contributed by atoms with Crippen molar-refractivity contribution in [3.05, 3.63) is 30.6 Å². The van der Waals surface area contributed by atoms with E-state index in [4.69, 9.17) is 4.74 Å². The Kier molecular flexibility index (Phi) is 4.37. The maximum Gasteiger partial charge on any atom is 0.294 e. The second kappa shape index (κ2) is 6.75. The summed E-state index contributed by atoms with van der Waals surface area (Å²) < 4.78 is 21.5. The van der Waals surface area contributed by atoms with Crippen molar-refractivity contribution in [1.82, 2.24) is 25.3 Å². The molecule has 7 nitrogen and oxygen atoms in total. The smallest absolute Gasteiger partial charge is 0.294 e. The number of hydrogen-bond donors (Lipinski definition) is 2. The SMILES string of the molecule is CN1C[C@@]2(C)CC[C@]1(C)C(F)[C@@H]2Oc1nnc(-c2ccc(-c3cn[nH]c3)cc2O)s1. The second-order valence-corrected chi connectivity index (χ2v) is 9.84. The third-order valence-electron chi connectivity index (χ3n) is 6.91. The monoisotopic (exact) mass is 429 g/mol. The number of aromatic nitrogens is 4. The van der Waals surface area contributed by atoms with E-state index >= 15 is 4.39 Å². The molecule has 0 radical (unpaired) electrons. The molecule has 1 aromatic carbocycles. The quantitative estimate of drug-likeness (QED) is 0.654. The molecule has 3 fully saturated rings. The fourth-order valence-electron chi connectivity index (χ4n) is 4.77. The molecular weight excluding hydrogens is 405 g/mol. The molecule has 2 N–H and O–H groups in total. The summed E-state index contributed by atoms with van der Waals surface area (Å²) in [6.07, 6.45) is 3.51. The molecule has 2 bridgehead atoms. The van der Waals surface area contributed by atoms with Gasteiger partial charge in [0.25, 0.3) is 5.19 Å². The van der Waals surface area contributed by atoms with Gasteiger partial charge in [0.2, 0.25) is 0 Å². The number of halogens is 1. The number of fused-ring (bicyclic) bond motifs is 3. The van der Waals surface area contributed by atoms with Gasteiger partial charge in [0.1, 0.15) is 11.9 Å². The third kappa shape index (κ3) is 2.91. The largest absolute Gasteiger partial charge is 0.507 e. The first-order chi connectivity index (χ1) is 14.3. The summed E-state index contributed by atoms with van der Waals surface area (Å²) in [5.41, 5.74) is 1.50. The number of phenolic OH excluding ortho intramolecular Hbond substituents is 1. The second-order valence-electron chi connectivity index (χ2n) is 8.90. The Morgan fingerprint density at radius 1 is 1.27 bits per heavy atom. The molecule has 2 aromatic heterocycles. The van der Waals surface area contributed by atoms with Crippen LogP contribution in [0, 0.1) is 5.41 Å². The van der Waals surface area contributed by atoms with E-state index in [2.05, 4.69) is 32.2 Å². The van der Waals surface area contributed by atoms with Crippen molar-refractivity contribution in [3.8, 4) is 32.6 Å². The molecule has 2 aliphatic heterocycles. The van der Waals surface area contributed by atoms with Crippen LogP contribution in [-0.4, -0.2) is 61.8 Å². The maximum absolute atomic E-state index is 15.4. The molecule has 158 valence electrons. The summed E-state index contributed by atoms with van der Waals surface area (Å²) in [5.74, 6) is 0.0950. The number of rotatable bonds is 4. The number of alkyl halides is 1. The van der Waals surface area contributed by atoms with Crippen LogP contribution in [0.2, 0.25) is 0 Å². The van der Waals surface area contributed by atoms with Gasteiger partial charge in [-0.25, -0.2) is 4.39 Å². The van der Waals surface area contributed by atoms with Crippen LogP contribution in [0.3, 0.4) is 0 Å². The van der Waals surface area contributed by atoms with Crippen LogP contribution in [0.15, 0.2) is 30.6 Å². The molecule has 9 heteroatoms. The predicted molar refractivity (Wildman–Crippen MR) is 112 cm³/mol. The first kappa shape index (κ1) is 19.4. The summed E-state index contributed by atoms with van der Waals surface area (Å²) in [4.78, 5) is 2.12. The van der Waals surface area contributed by atoms with E-state index in [0.717, 1.165) is 30.5 Å². The van der Waals surface area contributed by atoms with E-state index in [-0.39, 0.29) is 11.2 Å². The minimum Gasteiger partial charge on any atom is -0.507 e. The van der Waals surface area contributed by atoms with Crippen molar-refractivity contribution in [3.63, 3.8) is 0 Å². The molecule has 1 unspecified atom stereocenters. The number of nitrogens with zero attached hydrogens (tertiary/aromatic N) is 4. The molecule has 6 rings (SSSR count). The van der Waals surface area contributed by atoms with Gasteiger partial charge in [-0.2, -0.15) is 5.10 Å². The van der Waals surface area contributed by atoms with Crippen LogP contribution < -0.4 is 4.74 Å². The van der Waals surface area contributed by atoms with Gasteiger partial charge in [0.15, 0.2) is 11.2 Å². The fraction of sp³-hybridized carbons (Fsp3) is 0.476. The first-order valence-electron chi connectivity index (χ1n) is 9.98. The van der Waals surface area contributed by atoms with Gasteiger partial charge in [-0.1, -0.05) is 29.4 Å². The van der Waals surface area contributed by atoms with Crippen molar-refractivity contribution in [2.24, 2.45) is 5.41 Å². The van der Waals surface area contributed by atoms with Gasteiger partial charge < -0.3 is 9.84 Å². The summed E-state index contributed by atoms with van der Waals surface area (Å²) in [5, 5.41) is 26.4. The molecule has 0 amide bonds. The molecule has 1 aliphatic carbocycles. The first-order valence-corrected chi connectivity index (χ1v) is 10.8. The summed E-state index contributed by atoms with van der Waals surface area (Å²) in [6.45, 7) is 4.84. The number of piperidine rings is 2. The highest BCUT2D eigenvalue weighted by molar-refractivity contribution is 7.16. The molecule has 1 saturated carbocycles. The molecule has 3 aliphatic rings. The number of hydrogen-bond acceptors (Lipinski definition) is 7. The van der Waals surface area contributed by atoms with E-state index in [1.165, 1.54) is 11.3 Å². The lowest BCUT2D eigenvalue weighted by atomic mass is 9.60. The standard InChI is InChI=1S/C21H24FN5O2S/c1-20-6-7-21(2,27(3)11-20)16(22)17(20)29-19-26-25-18(30-19)14-5-4-12(8-15(14)28)13-9-23-24-10-13/h4-5,8-10,16-17,28H,6-7,11H2,1-3H3,(H,23,24)/t16?,17-,20+,21+/m0/s1. The zero-order valence-corrected chi connectivity index (χ0v) is 17.9. The Labute approximate surface area is 177 Å². The van der Waals surface area contributed by atoms with Crippen LogP contribution in [0.25, 0.3) is 21.7 Å². The van der Waals surface area contributed by atoms with Crippen LogP contribution in [0.5, 0.6) is 10.9 Å². The Hall–Kier alpha value is -2.52. The number of nitrogens with one attached hydrogen (secondary N) is 1. The van der Waals surface area contributed by atoms with E-state index < -0.39 is 17.8 Å². The van der Waals surface area contributed by atoms with E-state index in [1.807, 2.05) is 20.0 Å². The Bertz CT molecular complexity index is 1070. The topological polar surface area (TPSA) is 87.2 Å². The highest BCUT2D eigenvalue weighted by Crippen LogP contribution is 2.52. The van der Waals surface area contributed by atoms with Crippen molar-refractivity contribution in [2.45, 2.75) is 44.5 Å². The fourth-order valence-corrected chi connectivity index (χ4v) is 5.53. The lowest BCUT2D eigenvalue weighted by Crippen LogP contribution is -2.72.